The van der Waals surface area contributed by atoms with Crippen LogP contribution in [0.2, 0.25) is 0 Å². The molecule has 0 aromatic heterocycles. The van der Waals surface area contributed by atoms with E-state index in [4.69, 9.17) is 20.9 Å². The van der Waals surface area contributed by atoms with Crippen LogP contribution in [-0.2, 0) is 9.53 Å². The number of nitrogens with one attached hydrogen (secondary N) is 1. The van der Waals surface area contributed by atoms with Gasteiger partial charge in [-0.05, 0) is 25.1 Å². The van der Waals surface area contributed by atoms with Crippen molar-refractivity contribution in [3.63, 3.8) is 0 Å². The average molecular weight is 281 g/mol. The second kappa shape index (κ2) is 7.46. The number of carbonyl (C=O) groups excluding carboxylic acids is 2. The van der Waals surface area contributed by atoms with E-state index in [2.05, 4.69) is 5.32 Å². The van der Waals surface area contributed by atoms with Crippen molar-refractivity contribution in [1.29, 1.82) is 0 Å². The number of amides is 2. The number of carbonyl (C=O) groups is 2. The molecule has 0 aliphatic carbocycles. The Kier molecular flexibility index (Phi) is 5.95. The fourth-order valence-electron chi connectivity index (χ4n) is 1.57. The largest absolute Gasteiger partial charge is 0.494 e. The van der Waals surface area contributed by atoms with Gasteiger partial charge in [0, 0.05) is 7.11 Å². The highest BCUT2D eigenvalue weighted by molar-refractivity contribution is 6.04. The van der Waals surface area contributed by atoms with E-state index in [0.29, 0.717) is 12.4 Å². The van der Waals surface area contributed by atoms with Gasteiger partial charge in [0.2, 0.25) is 5.91 Å². The first-order valence-corrected chi connectivity index (χ1v) is 6.11. The lowest BCUT2D eigenvalue weighted by atomic mass is 10.1. The fraction of sp³-hybridized carbons (Fsp3) is 0.385. The summed E-state index contributed by atoms with van der Waals surface area (Å²) < 4.78 is 10.1. The number of rotatable bonds is 7. The maximum absolute atomic E-state index is 11.8. The van der Waals surface area contributed by atoms with Gasteiger partial charge in [0.05, 0.1) is 24.5 Å². The summed E-state index contributed by atoms with van der Waals surface area (Å²) in [5, 5.41) is 2.55. The summed E-state index contributed by atoms with van der Waals surface area (Å²) in [5.41, 5.74) is 11.3. The summed E-state index contributed by atoms with van der Waals surface area (Å²) in [6, 6.07) is 3.83. The Bertz CT molecular complexity index is 491. The van der Waals surface area contributed by atoms with E-state index < -0.39 is 17.9 Å². The van der Waals surface area contributed by atoms with Crippen molar-refractivity contribution in [2.75, 3.05) is 25.6 Å². The maximum atomic E-state index is 11.8. The summed E-state index contributed by atoms with van der Waals surface area (Å²) in [5.74, 6) is -0.624. The molecular formula is C13H19N3O4. The SMILES string of the molecule is CCOc1ccc(NC(=O)C(N)COC)c(C(N)=O)c1. The predicted molar refractivity (Wildman–Crippen MR) is 74.6 cm³/mol. The second-order valence-electron chi connectivity index (χ2n) is 4.06. The van der Waals surface area contributed by atoms with E-state index in [-0.39, 0.29) is 17.9 Å². The van der Waals surface area contributed by atoms with Crippen LogP contribution in [0.1, 0.15) is 17.3 Å². The smallest absolute Gasteiger partial charge is 0.250 e. The first-order valence-electron chi connectivity index (χ1n) is 6.11. The van der Waals surface area contributed by atoms with Gasteiger partial charge in [-0.3, -0.25) is 9.59 Å². The Labute approximate surface area is 117 Å². The highest BCUT2D eigenvalue weighted by Crippen LogP contribution is 2.22. The Morgan fingerprint density at radius 1 is 1.40 bits per heavy atom. The van der Waals surface area contributed by atoms with E-state index >= 15 is 0 Å². The highest BCUT2D eigenvalue weighted by Gasteiger charge is 2.17. The molecule has 1 unspecified atom stereocenters. The monoisotopic (exact) mass is 281 g/mol. The van der Waals surface area contributed by atoms with Gasteiger partial charge in [0.25, 0.3) is 5.91 Å². The van der Waals surface area contributed by atoms with E-state index in [1.54, 1.807) is 12.1 Å². The first kappa shape index (κ1) is 15.9. The number of ether oxygens (including phenoxy) is 2. The molecule has 1 atom stereocenters. The third-order valence-electron chi connectivity index (χ3n) is 2.51. The zero-order valence-corrected chi connectivity index (χ0v) is 11.5. The zero-order valence-electron chi connectivity index (χ0n) is 11.5. The third kappa shape index (κ3) is 4.22. The van der Waals surface area contributed by atoms with Gasteiger partial charge < -0.3 is 26.3 Å². The molecule has 110 valence electrons. The number of nitrogens with two attached hydrogens (primary N) is 2. The normalized spacial score (nSPS) is 11.8. The molecule has 20 heavy (non-hydrogen) atoms. The van der Waals surface area contributed by atoms with Crippen LogP contribution in [-0.4, -0.2) is 38.2 Å². The molecule has 1 rings (SSSR count). The number of methoxy groups -OCH3 is 1. The molecule has 2 amide bonds. The number of benzene rings is 1. The van der Waals surface area contributed by atoms with Gasteiger partial charge in [0.15, 0.2) is 0 Å². The molecule has 0 saturated carbocycles. The Morgan fingerprint density at radius 2 is 2.10 bits per heavy atom. The fourth-order valence-corrected chi connectivity index (χ4v) is 1.57. The molecule has 0 aliphatic heterocycles. The molecule has 0 radical (unpaired) electrons. The number of primary amides is 1. The van der Waals surface area contributed by atoms with Gasteiger partial charge in [0.1, 0.15) is 11.8 Å². The van der Waals surface area contributed by atoms with Crippen LogP contribution < -0.4 is 21.5 Å². The van der Waals surface area contributed by atoms with Gasteiger partial charge in [-0.1, -0.05) is 0 Å². The molecule has 7 heteroatoms. The summed E-state index contributed by atoms with van der Waals surface area (Å²) in [4.78, 5) is 23.2. The van der Waals surface area contributed by atoms with Crippen molar-refractivity contribution < 1.29 is 19.1 Å². The molecular weight excluding hydrogens is 262 g/mol. The van der Waals surface area contributed by atoms with E-state index in [1.165, 1.54) is 13.2 Å². The van der Waals surface area contributed by atoms with E-state index in [9.17, 15) is 9.59 Å². The van der Waals surface area contributed by atoms with Gasteiger partial charge in [-0.25, -0.2) is 0 Å². The van der Waals surface area contributed by atoms with Crippen LogP contribution in [0.5, 0.6) is 5.75 Å². The quantitative estimate of drug-likeness (QED) is 0.655. The van der Waals surface area contributed by atoms with Crippen molar-refractivity contribution in [3.05, 3.63) is 23.8 Å². The number of hydrogen-bond donors (Lipinski definition) is 3. The Balaban J connectivity index is 2.94. The third-order valence-corrected chi connectivity index (χ3v) is 2.51. The minimum atomic E-state index is -0.827. The summed E-state index contributed by atoms with van der Waals surface area (Å²) in [7, 11) is 1.44. The van der Waals surface area contributed by atoms with E-state index in [0.717, 1.165) is 0 Å². The molecule has 0 spiro atoms. The predicted octanol–water partition coefficient (Wildman–Crippen LogP) is 0.0964. The molecule has 0 saturated heterocycles. The highest BCUT2D eigenvalue weighted by atomic mass is 16.5. The molecule has 0 heterocycles. The topological polar surface area (TPSA) is 117 Å². The lowest BCUT2D eigenvalue weighted by Gasteiger charge is -2.14. The first-order chi connectivity index (χ1) is 9.49. The standard InChI is InChI=1S/C13H19N3O4/c1-3-20-8-4-5-11(9(6-8)12(15)17)16-13(18)10(14)7-19-2/h4-6,10H,3,7,14H2,1-2H3,(H2,15,17)(H,16,18). The van der Waals surface area contributed by atoms with E-state index in [1.807, 2.05) is 6.92 Å². The summed E-state index contributed by atoms with van der Waals surface area (Å²) in [6.07, 6.45) is 0. The van der Waals surface area contributed by atoms with Gasteiger partial charge in [-0.15, -0.1) is 0 Å². The lowest BCUT2D eigenvalue weighted by molar-refractivity contribution is -0.118. The number of hydrogen-bond acceptors (Lipinski definition) is 5. The zero-order chi connectivity index (χ0) is 15.1. The van der Waals surface area contributed by atoms with Crippen molar-refractivity contribution in [2.45, 2.75) is 13.0 Å². The van der Waals surface area contributed by atoms with Crippen LogP contribution in [0.15, 0.2) is 18.2 Å². The molecule has 0 bridgehead atoms. The maximum Gasteiger partial charge on any atom is 0.250 e. The van der Waals surface area contributed by atoms with Gasteiger partial charge in [-0.2, -0.15) is 0 Å². The molecule has 0 fully saturated rings. The van der Waals surface area contributed by atoms with Crippen LogP contribution >= 0.6 is 0 Å². The summed E-state index contributed by atoms with van der Waals surface area (Å²) >= 11 is 0. The van der Waals surface area contributed by atoms with Gasteiger partial charge >= 0.3 is 0 Å². The molecule has 1 aromatic rings. The molecule has 1 aromatic carbocycles. The summed E-state index contributed by atoms with van der Waals surface area (Å²) in [6.45, 7) is 2.36. The minimum absolute atomic E-state index is 0.0781. The molecule has 5 N–H and O–H groups in total. The van der Waals surface area contributed by atoms with Crippen molar-refractivity contribution in [2.24, 2.45) is 11.5 Å². The van der Waals surface area contributed by atoms with Crippen molar-refractivity contribution in [1.82, 2.24) is 0 Å². The van der Waals surface area contributed by atoms with Crippen molar-refractivity contribution in [3.8, 4) is 5.75 Å². The number of anilines is 1. The molecule has 0 aliphatic rings. The van der Waals surface area contributed by atoms with Crippen LogP contribution in [0.3, 0.4) is 0 Å². The van der Waals surface area contributed by atoms with Crippen LogP contribution in [0.4, 0.5) is 5.69 Å². The second-order valence-corrected chi connectivity index (χ2v) is 4.06. The van der Waals surface area contributed by atoms with Crippen molar-refractivity contribution >= 4 is 17.5 Å². The Hall–Kier alpha value is -2.12. The Morgan fingerprint density at radius 3 is 2.65 bits per heavy atom. The lowest BCUT2D eigenvalue weighted by Crippen LogP contribution is -2.39. The minimum Gasteiger partial charge on any atom is -0.494 e. The van der Waals surface area contributed by atoms with Crippen LogP contribution in [0.25, 0.3) is 0 Å². The van der Waals surface area contributed by atoms with Crippen LogP contribution in [0, 0.1) is 0 Å². The average Bonchev–Trinajstić information content (AvgIpc) is 2.40. The molecule has 7 nitrogen and oxygen atoms in total.